The van der Waals surface area contributed by atoms with Gasteiger partial charge < -0.3 is 17.7 Å². The fraction of sp³-hybridized carbons (Fsp3) is 0.333. The molecule has 1 rings (SSSR count). The van der Waals surface area contributed by atoms with Crippen LogP contribution in [0.25, 0.3) is 0 Å². The Morgan fingerprint density at radius 1 is 1.05 bits per heavy atom. The molecule has 0 radical (unpaired) electrons. The van der Waals surface area contributed by atoms with Crippen LogP contribution in [0.4, 0.5) is 30.5 Å². The minimum absolute atomic E-state index is 0. The van der Waals surface area contributed by atoms with Crippen LogP contribution >= 0.6 is 0 Å². The van der Waals surface area contributed by atoms with E-state index in [0.717, 1.165) is 6.07 Å². The summed E-state index contributed by atoms with van der Waals surface area (Å²) < 4.78 is 92.5. The number of halogens is 7. The summed E-state index contributed by atoms with van der Waals surface area (Å²) in [6.45, 7) is -6.91. The fourth-order valence-electron chi connectivity index (χ4n) is 1.18. The first-order valence-corrected chi connectivity index (χ1v) is 4.92. The van der Waals surface area contributed by atoms with Crippen molar-refractivity contribution in [3.63, 3.8) is 0 Å². The van der Waals surface area contributed by atoms with Crippen molar-refractivity contribution in [1.29, 1.82) is 0 Å². The van der Waals surface area contributed by atoms with E-state index in [9.17, 15) is 30.5 Å². The van der Waals surface area contributed by atoms with E-state index in [4.69, 9.17) is 0 Å². The first kappa shape index (κ1) is 20.2. The first-order chi connectivity index (χ1) is 8.59. The van der Waals surface area contributed by atoms with Gasteiger partial charge in [-0.1, -0.05) is 11.5 Å². The number of alkyl halides is 3. The Morgan fingerprint density at radius 2 is 1.65 bits per heavy atom. The van der Waals surface area contributed by atoms with Crippen LogP contribution < -0.4 is 61.6 Å². The fourth-order valence-corrected chi connectivity index (χ4v) is 1.18. The van der Waals surface area contributed by atoms with Crippen molar-refractivity contribution >= 4 is 12.4 Å². The molecule has 0 aliphatic carbocycles. The van der Waals surface area contributed by atoms with E-state index in [2.05, 4.69) is 9.47 Å². The summed E-state index contributed by atoms with van der Waals surface area (Å²) in [6.07, 6.45) is -4.82. The third-order valence-corrected chi connectivity index (χ3v) is 1.94. The molecule has 1 aromatic rings. The zero-order valence-corrected chi connectivity index (χ0v) is 13.3. The van der Waals surface area contributed by atoms with Crippen molar-refractivity contribution in [2.75, 3.05) is 13.2 Å². The van der Waals surface area contributed by atoms with Gasteiger partial charge in [0.25, 0.3) is 0 Å². The second kappa shape index (κ2) is 7.99. The molecule has 0 N–H and O–H groups in total. The Hall–Kier alpha value is 0.191. The Morgan fingerprint density at radius 3 is 2.10 bits per heavy atom. The molecule has 0 amide bonds. The van der Waals surface area contributed by atoms with Gasteiger partial charge in [-0.05, 0) is 6.07 Å². The monoisotopic (exact) mass is 330 g/mol. The van der Waals surface area contributed by atoms with Gasteiger partial charge in [0, 0.05) is 6.07 Å². The second-order valence-corrected chi connectivity index (χ2v) is 3.40. The predicted octanol–water partition coefficient (Wildman–Crippen LogP) is -0.201. The Labute approximate surface area is 152 Å². The summed E-state index contributed by atoms with van der Waals surface area (Å²) in [6, 6.07) is 1.74. The molecule has 108 valence electrons. The van der Waals surface area contributed by atoms with Crippen LogP contribution in [-0.2, 0) is 4.74 Å². The molecular formula is C9H7BF7KO2. The van der Waals surface area contributed by atoms with Crippen LogP contribution in [0.2, 0.25) is 0 Å². The Balaban J connectivity index is 0.00000361. The Kier molecular flexibility index (Phi) is 8.07. The van der Waals surface area contributed by atoms with Crippen molar-refractivity contribution < 1.29 is 91.4 Å². The molecule has 0 saturated heterocycles. The zero-order chi connectivity index (χ0) is 14.7. The van der Waals surface area contributed by atoms with Gasteiger partial charge in [-0.2, -0.15) is 0 Å². The number of benzene rings is 1. The molecule has 0 saturated carbocycles. The molecule has 1 aromatic carbocycles. The van der Waals surface area contributed by atoms with Crippen molar-refractivity contribution in [3.05, 3.63) is 24.0 Å². The molecule has 11 heteroatoms. The number of hydrogen-bond acceptors (Lipinski definition) is 2. The van der Waals surface area contributed by atoms with E-state index in [1.165, 1.54) is 0 Å². The zero-order valence-electron chi connectivity index (χ0n) is 10.2. The maximum Gasteiger partial charge on any atom is 1.00 e. The summed E-state index contributed by atoms with van der Waals surface area (Å²) in [4.78, 5) is 0. The van der Waals surface area contributed by atoms with Crippen molar-refractivity contribution in [2.24, 2.45) is 0 Å². The third kappa shape index (κ3) is 7.27. The van der Waals surface area contributed by atoms with E-state index < -0.39 is 37.8 Å². The smallest absolute Gasteiger partial charge is 0.491 e. The maximum atomic E-state index is 13.0. The summed E-state index contributed by atoms with van der Waals surface area (Å²) in [7, 11) is 0. The molecular weight excluding hydrogens is 323 g/mol. The number of ether oxygens (including phenoxy) is 2. The average molecular weight is 330 g/mol. The van der Waals surface area contributed by atoms with Gasteiger partial charge >= 0.3 is 64.7 Å². The van der Waals surface area contributed by atoms with Gasteiger partial charge in [-0.15, -0.1) is 13.2 Å². The normalized spacial score (nSPS) is 11.9. The molecule has 2 nitrogen and oxygen atoms in total. The molecule has 0 bridgehead atoms. The molecule has 0 aliphatic heterocycles. The number of rotatable bonds is 5. The molecule has 0 heterocycles. The summed E-state index contributed by atoms with van der Waals surface area (Å²) in [5.41, 5.74) is -1.42. The summed E-state index contributed by atoms with van der Waals surface area (Å²) in [5.74, 6) is -1.85. The van der Waals surface area contributed by atoms with Crippen molar-refractivity contribution in [1.82, 2.24) is 0 Å². The molecule has 0 spiro atoms. The largest absolute Gasteiger partial charge is 1.00 e. The van der Waals surface area contributed by atoms with Crippen molar-refractivity contribution in [3.8, 4) is 5.75 Å². The van der Waals surface area contributed by atoms with Crippen LogP contribution in [0.3, 0.4) is 0 Å². The maximum absolute atomic E-state index is 13.0. The standard InChI is InChI=1S/C9H7BF7O2.K/c11-8-5-6(1-2-7(8)10(15,16)17)18-3-4-19-9(12,13)14;/h1-2,5H,3-4H2;/q-1;+1. The van der Waals surface area contributed by atoms with Gasteiger partial charge in [-0.3, -0.25) is 4.74 Å². The quantitative estimate of drug-likeness (QED) is 0.423. The third-order valence-electron chi connectivity index (χ3n) is 1.94. The van der Waals surface area contributed by atoms with Crippen LogP contribution in [-0.4, -0.2) is 26.6 Å². The second-order valence-electron chi connectivity index (χ2n) is 3.40. The molecule has 20 heavy (non-hydrogen) atoms. The van der Waals surface area contributed by atoms with E-state index in [-0.39, 0.29) is 57.1 Å². The molecule has 0 unspecified atom stereocenters. The SMILES string of the molecule is Fc1cc(OCCOC(F)(F)F)ccc1[B-](F)(F)F.[K+]. The topological polar surface area (TPSA) is 18.5 Å². The van der Waals surface area contributed by atoms with E-state index >= 15 is 0 Å². The van der Waals surface area contributed by atoms with Crippen molar-refractivity contribution in [2.45, 2.75) is 6.36 Å². The molecule has 0 aliphatic rings. The Bertz CT molecular complexity index is 435. The minimum atomic E-state index is -5.49. The van der Waals surface area contributed by atoms with Gasteiger partial charge in [0.1, 0.15) is 12.4 Å². The van der Waals surface area contributed by atoms with Crippen LogP contribution in [0.5, 0.6) is 5.75 Å². The van der Waals surface area contributed by atoms with E-state index in [1.807, 2.05) is 0 Å². The van der Waals surface area contributed by atoms with Crippen LogP contribution in [0, 0.1) is 5.82 Å². The van der Waals surface area contributed by atoms with E-state index in [0.29, 0.717) is 12.1 Å². The number of hydrogen-bond donors (Lipinski definition) is 0. The van der Waals surface area contributed by atoms with Crippen LogP contribution in [0.1, 0.15) is 0 Å². The van der Waals surface area contributed by atoms with E-state index in [1.54, 1.807) is 0 Å². The summed E-state index contributed by atoms with van der Waals surface area (Å²) >= 11 is 0. The summed E-state index contributed by atoms with van der Waals surface area (Å²) in [5, 5.41) is 0. The molecule has 0 aromatic heterocycles. The molecule has 0 fully saturated rings. The average Bonchev–Trinajstić information content (AvgIpc) is 2.21. The van der Waals surface area contributed by atoms with Gasteiger partial charge in [0.15, 0.2) is 0 Å². The van der Waals surface area contributed by atoms with Gasteiger partial charge in [0.2, 0.25) is 0 Å². The predicted molar refractivity (Wildman–Crippen MR) is 52.6 cm³/mol. The molecule has 0 atom stereocenters. The minimum Gasteiger partial charge on any atom is -0.491 e. The van der Waals surface area contributed by atoms with Crippen LogP contribution in [0.15, 0.2) is 18.2 Å². The first-order valence-electron chi connectivity index (χ1n) is 4.92. The van der Waals surface area contributed by atoms with Gasteiger partial charge in [0.05, 0.1) is 12.4 Å². The van der Waals surface area contributed by atoms with Gasteiger partial charge in [-0.25, -0.2) is 4.39 Å².